The molecule has 2 fully saturated rings. The minimum Gasteiger partial charge on any atom is -0.308 e. The summed E-state index contributed by atoms with van der Waals surface area (Å²) in [6, 6.07) is 2.18. The van der Waals surface area contributed by atoms with Gasteiger partial charge >= 0.3 is 0 Å². The number of thiophene rings is 1. The highest BCUT2D eigenvalue weighted by atomic mass is 79.9. The summed E-state index contributed by atoms with van der Waals surface area (Å²) >= 11 is 5.59. The number of halogens is 1. The summed E-state index contributed by atoms with van der Waals surface area (Å²) in [6.07, 6.45) is 5.26. The van der Waals surface area contributed by atoms with E-state index < -0.39 is 0 Å². The molecular formula is C17H27BrN2S. The summed E-state index contributed by atoms with van der Waals surface area (Å²) in [5.74, 6) is 0.887. The molecule has 3 rings (SSSR count). The summed E-state index contributed by atoms with van der Waals surface area (Å²) < 4.78 is 1.28. The first-order valence-electron chi connectivity index (χ1n) is 8.25. The maximum atomic E-state index is 3.92. The van der Waals surface area contributed by atoms with Crippen LogP contribution < -0.4 is 5.32 Å². The summed E-state index contributed by atoms with van der Waals surface area (Å²) in [4.78, 5) is 4.25. The first kappa shape index (κ1) is 16.0. The molecule has 1 atom stereocenters. The molecule has 2 heterocycles. The van der Waals surface area contributed by atoms with Gasteiger partial charge in [-0.05, 0) is 65.9 Å². The van der Waals surface area contributed by atoms with Gasteiger partial charge in [-0.3, -0.25) is 4.90 Å². The van der Waals surface area contributed by atoms with Crippen LogP contribution in [0.5, 0.6) is 0 Å². The van der Waals surface area contributed by atoms with Crippen molar-refractivity contribution in [2.24, 2.45) is 5.92 Å². The van der Waals surface area contributed by atoms with Crippen LogP contribution in [0, 0.1) is 5.92 Å². The second kappa shape index (κ2) is 5.95. The molecule has 1 aliphatic heterocycles. The van der Waals surface area contributed by atoms with Gasteiger partial charge in [0.25, 0.3) is 0 Å². The Kier molecular flexibility index (Phi) is 4.53. The van der Waals surface area contributed by atoms with E-state index in [9.17, 15) is 0 Å². The number of nitrogens with zero attached hydrogens (tertiary/aromatic N) is 1. The van der Waals surface area contributed by atoms with Crippen molar-refractivity contribution in [2.75, 3.05) is 13.1 Å². The summed E-state index contributed by atoms with van der Waals surface area (Å²) in [5, 5.41) is 6.12. The molecule has 2 aliphatic rings. The van der Waals surface area contributed by atoms with Gasteiger partial charge in [-0.15, -0.1) is 11.3 Å². The molecule has 0 aromatic carbocycles. The molecule has 4 heteroatoms. The van der Waals surface area contributed by atoms with Gasteiger partial charge in [-0.1, -0.05) is 13.8 Å². The predicted molar refractivity (Wildman–Crippen MR) is 94.9 cm³/mol. The van der Waals surface area contributed by atoms with Gasteiger partial charge in [0, 0.05) is 40.1 Å². The van der Waals surface area contributed by atoms with Crippen LogP contribution in [0.3, 0.4) is 0 Å². The Bertz CT molecular complexity index is 493. The quantitative estimate of drug-likeness (QED) is 0.811. The minimum atomic E-state index is 0.317. The maximum Gasteiger partial charge on any atom is 0.0346 e. The molecule has 0 radical (unpaired) electrons. The lowest BCUT2D eigenvalue weighted by Crippen LogP contribution is -2.69. The largest absolute Gasteiger partial charge is 0.308 e. The van der Waals surface area contributed by atoms with Gasteiger partial charge in [-0.2, -0.15) is 0 Å². The molecule has 0 spiro atoms. The number of rotatable bonds is 5. The predicted octanol–water partition coefficient (Wildman–Crippen LogP) is 4.64. The number of piperazine rings is 1. The number of hydrogen-bond acceptors (Lipinski definition) is 3. The zero-order valence-electron chi connectivity index (χ0n) is 13.4. The van der Waals surface area contributed by atoms with E-state index in [1.165, 1.54) is 41.6 Å². The van der Waals surface area contributed by atoms with Crippen molar-refractivity contribution in [2.45, 2.75) is 64.1 Å². The number of nitrogens with one attached hydrogen (secondary N) is 1. The summed E-state index contributed by atoms with van der Waals surface area (Å²) in [6.45, 7) is 10.5. The van der Waals surface area contributed by atoms with Crippen molar-refractivity contribution in [3.05, 3.63) is 20.8 Å². The molecule has 1 N–H and O–H groups in total. The van der Waals surface area contributed by atoms with Gasteiger partial charge < -0.3 is 5.32 Å². The molecule has 0 amide bonds. The third kappa shape index (κ3) is 2.97. The SMILES string of the molecule is CCC1(CC)CNC(C)(C2CC2)CN1Cc1sccc1Br. The fourth-order valence-corrected chi connectivity index (χ4v) is 5.37. The maximum absolute atomic E-state index is 3.92. The van der Waals surface area contributed by atoms with Crippen LogP contribution in [-0.4, -0.2) is 29.1 Å². The topological polar surface area (TPSA) is 15.3 Å². The fraction of sp³-hybridized carbons (Fsp3) is 0.765. The van der Waals surface area contributed by atoms with Gasteiger partial charge in [0.2, 0.25) is 0 Å². The molecule has 0 bridgehead atoms. The Morgan fingerprint density at radius 2 is 2.10 bits per heavy atom. The van der Waals surface area contributed by atoms with Gasteiger partial charge in [0.05, 0.1) is 0 Å². The van der Waals surface area contributed by atoms with Gasteiger partial charge in [-0.25, -0.2) is 0 Å². The van der Waals surface area contributed by atoms with E-state index in [1.807, 2.05) is 11.3 Å². The Hall–Kier alpha value is 0.100. The van der Waals surface area contributed by atoms with Crippen molar-refractivity contribution in [1.82, 2.24) is 10.2 Å². The third-order valence-corrected chi connectivity index (χ3v) is 7.74. The van der Waals surface area contributed by atoms with E-state index in [1.54, 1.807) is 0 Å². The Morgan fingerprint density at radius 1 is 1.38 bits per heavy atom. The Labute approximate surface area is 141 Å². The zero-order valence-corrected chi connectivity index (χ0v) is 15.8. The van der Waals surface area contributed by atoms with Crippen LogP contribution in [0.4, 0.5) is 0 Å². The van der Waals surface area contributed by atoms with Crippen LogP contribution in [0.1, 0.15) is 51.3 Å². The Morgan fingerprint density at radius 3 is 2.62 bits per heavy atom. The molecule has 1 unspecified atom stereocenters. The van der Waals surface area contributed by atoms with Gasteiger partial charge in [0.1, 0.15) is 0 Å². The van der Waals surface area contributed by atoms with Crippen molar-refractivity contribution < 1.29 is 0 Å². The van der Waals surface area contributed by atoms with Crippen LogP contribution in [0.25, 0.3) is 0 Å². The molecule has 1 saturated heterocycles. The molecule has 21 heavy (non-hydrogen) atoms. The Balaban J connectivity index is 1.84. The standard InChI is InChI=1S/C17H27BrN2S/c1-4-17(5-2)11-19-16(3,13-6-7-13)12-20(17)10-15-14(18)8-9-21-15/h8-9,13,19H,4-7,10-12H2,1-3H3. The molecule has 1 aliphatic carbocycles. The average molecular weight is 371 g/mol. The summed E-state index contributed by atoms with van der Waals surface area (Å²) in [5.41, 5.74) is 0.634. The molecule has 2 nitrogen and oxygen atoms in total. The van der Waals surface area contributed by atoms with Crippen molar-refractivity contribution >= 4 is 27.3 Å². The zero-order chi connectivity index (χ0) is 15.1. The van der Waals surface area contributed by atoms with Crippen molar-refractivity contribution in [3.63, 3.8) is 0 Å². The second-order valence-corrected chi connectivity index (χ2v) is 8.88. The van der Waals surface area contributed by atoms with E-state index in [0.717, 1.165) is 19.0 Å². The van der Waals surface area contributed by atoms with Crippen LogP contribution in [-0.2, 0) is 6.54 Å². The van der Waals surface area contributed by atoms with Crippen molar-refractivity contribution in [3.8, 4) is 0 Å². The van der Waals surface area contributed by atoms with Crippen LogP contribution in [0.2, 0.25) is 0 Å². The van der Waals surface area contributed by atoms with E-state index in [2.05, 4.69) is 58.4 Å². The van der Waals surface area contributed by atoms with Crippen LogP contribution >= 0.6 is 27.3 Å². The van der Waals surface area contributed by atoms with E-state index in [4.69, 9.17) is 0 Å². The van der Waals surface area contributed by atoms with Gasteiger partial charge in [0.15, 0.2) is 0 Å². The van der Waals surface area contributed by atoms with E-state index in [0.29, 0.717) is 11.1 Å². The monoisotopic (exact) mass is 370 g/mol. The lowest BCUT2D eigenvalue weighted by Gasteiger charge is -2.54. The van der Waals surface area contributed by atoms with Crippen LogP contribution in [0.15, 0.2) is 15.9 Å². The highest BCUT2D eigenvalue weighted by Gasteiger charge is 2.49. The molecule has 1 aromatic rings. The first-order valence-corrected chi connectivity index (χ1v) is 9.92. The lowest BCUT2D eigenvalue weighted by atomic mass is 9.81. The highest BCUT2D eigenvalue weighted by Crippen LogP contribution is 2.44. The van der Waals surface area contributed by atoms with Crippen molar-refractivity contribution in [1.29, 1.82) is 0 Å². The number of hydrogen-bond donors (Lipinski definition) is 1. The lowest BCUT2D eigenvalue weighted by molar-refractivity contribution is -0.00913. The van der Waals surface area contributed by atoms with E-state index >= 15 is 0 Å². The summed E-state index contributed by atoms with van der Waals surface area (Å²) in [7, 11) is 0. The average Bonchev–Trinajstić information content (AvgIpc) is 3.27. The first-order chi connectivity index (χ1) is 10.0. The molecular weight excluding hydrogens is 344 g/mol. The highest BCUT2D eigenvalue weighted by molar-refractivity contribution is 9.10. The smallest absolute Gasteiger partial charge is 0.0346 e. The third-order valence-electron chi connectivity index (χ3n) is 5.83. The fourth-order valence-electron chi connectivity index (χ4n) is 3.87. The second-order valence-electron chi connectivity index (χ2n) is 7.02. The van der Waals surface area contributed by atoms with E-state index in [-0.39, 0.29) is 0 Å². The minimum absolute atomic E-state index is 0.317. The molecule has 118 valence electrons. The molecule has 1 saturated carbocycles. The normalized spacial score (nSPS) is 29.7. The molecule has 1 aromatic heterocycles.